The quantitative estimate of drug-likeness (QED) is 0.328. The van der Waals surface area contributed by atoms with Crippen molar-refractivity contribution < 1.29 is 4.79 Å². The van der Waals surface area contributed by atoms with Gasteiger partial charge in [-0.2, -0.15) is 0 Å². The minimum absolute atomic E-state index is 0.159. The van der Waals surface area contributed by atoms with E-state index in [1.54, 1.807) is 6.07 Å². The molecule has 1 N–H and O–H groups in total. The van der Waals surface area contributed by atoms with Crippen molar-refractivity contribution in [3.05, 3.63) is 118 Å². The van der Waals surface area contributed by atoms with Crippen LogP contribution >= 0.6 is 11.6 Å². The van der Waals surface area contributed by atoms with Crippen molar-refractivity contribution in [2.45, 2.75) is 39.3 Å². The third kappa shape index (κ3) is 4.10. The zero-order valence-electron chi connectivity index (χ0n) is 19.6. The van der Waals surface area contributed by atoms with Crippen LogP contribution in [-0.4, -0.2) is 15.5 Å². The Bertz CT molecular complexity index is 1340. The number of carbonyl (C=O) groups is 1. The molecule has 0 bridgehead atoms. The van der Waals surface area contributed by atoms with Gasteiger partial charge >= 0.3 is 6.03 Å². The Morgan fingerprint density at radius 3 is 2.53 bits per heavy atom. The summed E-state index contributed by atoms with van der Waals surface area (Å²) in [5.41, 5.74) is 7.30. The Hall–Kier alpha value is -3.50. The Morgan fingerprint density at radius 2 is 1.76 bits per heavy atom. The number of amides is 2. The maximum Gasteiger partial charge on any atom is 0.322 e. The van der Waals surface area contributed by atoms with Crippen molar-refractivity contribution in [2.75, 3.05) is 5.32 Å². The molecule has 0 unspecified atom stereocenters. The fourth-order valence-corrected chi connectivity index (χ4v) is 4.84. The van der Waals surface area contributed by atoms with E-state index in [0.717, 1.165) is 33.8 Å². The highest BCUT2D eigenvalue weighted by Crippen LogP contribution is 2.37. The third-order valence-electron chi connectivity index (χ3n) is 6.58. The van der Waals surface area contributed by atoms with Gasteiger partial charge in [-0.3, -0.25) is 0 Å². The van der Waals surface area contributed by atoms with Gasteiger partial charge in [0.05, 0.1) is 18.3 Å². The number of halogens is 1. The van der Waals surface area contributed by atoms with Crippen LogP contribution in [-0.2, 0) is 6.54 Å². The molecule has 1 aliphatic rings. The smallest absolute Gasteiger partial charge is 0.318 e. The SMILES string of the molecule is Cc1ccc(Cl)cc1NC(=O)N1Cc2ccccc2-n2cccc2[C@H]1c1ccc(C(C)C)cc1. The molecule has 1 aromatic heterocycles. The van der Waals surface area contributed by atoms with Crippen molar-refractivity contribution in [2.24, 2.45) is 0 Å². The predicted molar refractivity (Wildman–Crippen MR) is 139 cm³/mol. The number of benzene rings is 3. The van der Waals surface area contributed by atoms with E-state index in [9.17, 15) is 4.79 Å². The van der Waals surface area contributed by atoms with Crippen LogP contribution in [0.4, 0.5) is 10.5 Å². The first-order chi connectivity index (χ1) is 16.4. The molecule has 0 aliphatic carbocycles. The first-order valence-corrected chi connectivity index (χ1v) is 12.0. The lowest BCUT2D eigenvalue weighted by Crippen LogP contribution is -2.38. The van der Waals surface area contributed by atoms with Crippen molar-refractivity contribution in [1.29, 1.82) is 0 Å². The highest BCUT2D eigenvalue weighted by atomic mass is 35.5. The topological polar surface area (TPSA) is 37.3 Å². The number of para-hydroxylation sites is 1. The van der Waals surface area contributed by atoms with Crippen molar-refractivity contribution in [3.8, 4) is 5.69 Å². The summed E-state index contributed by atoms with van der Waals surface area (Å²) < 4.78 is 2.20. The zero-order valence-corrected chi connectivity index (χ0v) is 20.4. The van der Waals surface area contributed by atoms with Gasteiger partial charge < -0.3 is 14.8 Å². The number of anilines is 1. The van der Waals surface area contributed by atoms with Crippen LogP contribution in [0.5, 0.6) is 0 Å². The minimum atomic E-state index is -0.247. The Labute approximate surface area is 205 Å². The molecule has 172 valence electrons. The van der Waals surface area contributed by atoms with Crippen molar-refractivity contribution >= 4 is 23.3 Å². The third-order valence-corrected chi connectivity index (χ3v) is 6.82. The summed E-state index contributed by atoms with van der Waals surface area (Å²) in [6.45, 7) is 6.84. The number of urea groups is 1. The summed E-state index contributed by atoms with van der Waals surface area (Å²) >= 11 is 6.23. The summed E-state index contributed by atoms with van der Waals surface area (Å²) in [5, 5.41) is 3.72. The predicted octanol–water partition coefficient (Wildman–Crippen LogP) is 7.70. The summed E-state index contributed by atoms with van der Waals surface area (Å²) in [5.74, 6) is 0.446. The number of carbonyl (C=O) groups excluding carboxylic acids is 1. The van der Waals surface area contributed by atoms with Gasteiger partial charge in [-0.15, -0.1) is 0 Å². The van der Waals surface area contributed by atoms with Gasteiger partial charge in [0.25, 0.3) is 0 Å². The normalized spacial score (nSPS) is 15.0. The summed E-state index contributed by atoms with van der Waals surface area (Å²) in [7, 11) is 0. The average Bonchev–Trinajstić information content (AvgIpc) is 3.25. The second-order valence-electron chi connectivity index (χ2n) is 9.17. The maximum atomic E-state index is 13.8. The van der Waals surface area contributed by atoms with E-state index >= 15 is 0 Å². The van der Waals surface area contributed by atoms with Gasteiger partial charge in [-0.05, 0) is 65.4 Å². The van der Waals surface area contributed by atoms with Crippen LogP contribution in [0, 0.1) is 6.92 Å². The van der Waals surface area contributed by atoms with Gasteiger partial charge in [0.1, 0.15) is 0 Å². The molecule has 0 radical (unpaired) electrons. The van der Waals surface area contributed by atoms with E-state index in [4.69, 9.17) is 11.6 Å². The molecule has 4 aromatic rings. The summed E-state index contributed by atoms with van der Waals surface area (Å²) in [6.07, 6.45) is 2.08. The Balaban J connectivity index is 1.62. The maximum absolute atomic E-state index is 13.8. The number of nitrogens with one attached hydrogen (secondary N) is 1. The molecule has 0 spiro atoms. The number of aromatic nitrogens is 1. The van der Waals surface area contributed by atoms with Crippen molar-refractivity contribution in [1.82, 2.24) is 9.47 Å². The lowest BCUT2D eigenvalue weighted by atomic mass is 9.97. The number of hydrogen-bond acceptors (Lipinski definition) is 1. The van der Waals surface area contributed by atoms with Gasteiger partial charge in [0.15, 0.2) is 0 Å². The van der Waals surface area contributed by atoms with E-state index in [0.29, 0.717) is 17.5 Å². The first kappa shape index (κ1) is 22.3. The van der Waals surface area contributed by atoms with E-state index in [1.807, 2.05) is 42.2 Å². The van der Waals surface area contributed by atoms with E-state index < -0.39 is 0 Å². The molecule has 1 aliphatic heterocycles. The first-order valence-electron chi connectivity index (χ1n) is 11.6. The highest BCUT2D eigenvalue weighted by Gasteiger charge is 2.33. The molecule has 3 aromatic carbocycles. The molecule has 2 amide bonds. The number of aryl methyl sites for hydroxylation is 1. The van der Waals surface area contributed by atoms with E-state index in [-0.39, 0.29) is 12.1 Å². The second kappa shape index (κ2) is 9.03. The summed E-state index contributed by atoms with van der Waals surface area (Å²) in [4.78, 5) is 15.8. The molecular weight excluding hydrogens is 442 g/mol. The van der Waals surface area contributed by atoms with Gasteiger partial charge in [-0.1, -0.05) is 74.0 Å². The monoisotopic (exact) mass is 469 g/mol. The van der Waals surface area contributed by atoms with Crippen LogP contribution in [0.2, 0.25) is 5.02 Å². The van der Waals surface area contributed by atoms with Crippen LogP contribution in [0.15, 0.2) is 85.1 Å². The molecule has 0 saturated carbocycles. The molecule has 2 heterocycles. The second-order valence-corrected chi connectivity index (χ2v) is 9.61. The van der Waals surface area contributed by atoms with Crippen LogP contribution in [0.3, 0.4) is 0 Å². The van der Waals surface area contributed by atoms with E-state index in [1.165, 1.54) is 5.56 Å². The molecule has 4 nitrogen and oxygen atoms in total. The highest BCUT2D eigenvalue weighted by molar-refractivity contribution is 6.31. The van der Waals surface area contributed by atoms with Gasteiger partial charge in [0.2, 0.25) is 0 Å². The lowest BCUT2D eigenvalue weighted by molar-refractivity contribution is 0.194. The number of hydrogen-bond donors (Lipinski definition) is 1. The van der Waals surface area contributed by atoms with E-state index in [2.05, 4.69) is 72.4 Å². The molecule has 1 atom stereocenters. The fraction of sp³-hybridized carbons (Fsp3) is 0.207. The standard InChI is InChI=1S/C29H28ClN3O/c1-19(2)21-11-13-22(14-12-21)28-27-9-6-16-32(27)26-8-5-4-7-23(26)18-33(28)29(34)31-25-17-24(30)15-10-20(25)3/h4-17,19,28H,18H2,1-3H3,(H,31,34)/t28-/m1/s1. The van der Waals surface area contributed by atoms with Gasteiger partial charge in [-0.25, -0.2) is 4.79 Å². The fourth-order valence-electron chi connectivity index (χ4n) is 4.67. The lowest BCUT2D eigenvalue weighted by Gasteiger charge is -2.31. The van der Waals surface area contributed by atoms with Crippen molar-refractivity contribution in [3.63, 3.8) is 0 Å². The molecule has 5 heteroatoms. The number of nitrogens with zero attached hydrogens (tertiary/aromatic N) is 2. The largest absolute Gasteiger partial charge is 0.322 e. The molecule has 0 saturated heterocycles. The Morgan fingerprint density at radius 1 is 1.00 bits per heavy atom. The van der Waals surface area contributed by atoms with Crippen LogP contribution in [0.25, 0.3) is 5.69 Å². The number of rotatable bonds is 3. The molecule has 0 fully saturated rings. The molecular formula is C29H28ClN3O. The minimum Gasteiger partial charge on any atom is -0.318 e. The number of fused-ring (bicyclic) bond motifs is 3. The van der Waals surface area contributed by atoms with Crippen LogP contribution < -0.4 is 5.32 Å². The summed E-state index contributed by atoms with van der Waals surface area (Å²) in [6, 6.07) is 26.2. The molecule has 34 heavy (non-hydrogen) atoms. The average molecular weight is 470 g/mol. The Kier molecular flexibility index (Phi) is 5.93. The van der Waals surface area contributed by atoms with Gasteiger partial charge in [0, 0.05) is 22.6 Å². The zero-order chi connectivity index (χ0) is 23.8. The van der Waals surface area contributed by atoms with Crippen LogP contribution in [0.1, 0.15) is 53.8 Å². The molecule has 5 rings (SSSR count).